The fraction of sp³-hybridized carbons (Fsp3) is 0.409. The molecule has 0 radical (unpaired) electrons. The summed E-state index contributed by atoms with van der Waals surface area (Å²) in [6.45, 7) is 0.643. The van der Waals surface area contributed by atoms with E-state index in [4.69, 9.17) is 11.6 Å². The molecule has 148 valence electrons. The van der Waals surface area contributed by atoms with Crippen molar-refractivity contribution in [2.24, 2.45) is 0 Å². The SMILES string of the molecule is O=C(CC[C@@]1(Cc2ccc(Cl)cc2)CCC(=O)N1)NCCCc1cccnc1. The van der Waals surface area contributed by atoms with E-state index < -0.39 is 0 Å². The molecule has 2 heterocycles. The van der Waals surface area contributed by atoms with Crippen LogP contribution in [0.4, 0.5) is 0 Å². The molecule has 1 atom stereocenters. The second kappa shape index (κ2) is 9.69. The predicted octanol–water partition coefficient (Wildman–Crippen LogP) is 3.46. The summed E-state index contributed by atoms with van der Waals surface area (Å²) in [4.78, 5) is 28.2. The minimum absolute atomic E-state index is 0.0304. The van der Waals surface area contributed by atoms with Crippen molar-refractivity contribution in [1.82, 2.24) is 15.6 Å². The largest absolute Gasteiger partial charge is 0.356 e. The highest BCUT2D eigenvalue weighted by atomic mass is 35.5. The van der Waals surface area contributed by atoms with Crippen LogP contribution in [0.15, 0.2) is 48.8 Å². The highest BCUT2D eigenvalue weighted by Crippen LogP contribution is 2.30. The Morgan fingerprint density at radius 3 is 2.71 bits per heavy atom. The van der Waals surface area contributed by atoms with Crippen LogP contribution >= 0.6 is 11.6 Å². The fourth-order valence-electron chi connectivity index (χ4n) is 3.68. The molecule has 2 amide bonds. The van der Waals surface area contributed by atoms with Gasteiger partial charge in [-0.15, -0.1) is 0 Å². The average Bonchev–Trinajstić information content (AvgIpc) is 3.07. The number of hydrogen-bond donors (Lipinski definition) is 2. The third-order valence-electron chi connectivity index (χ3n) is 5.21. The smallest absolute Gasteiger partial charge is 0.220 e. The van der Waals surface area contributed by atoms with E-state index in [0.717, 1.165) is 24.8 Å². The molecule has 6 heteroatoms. The number of amides is 2. The van der Waals surface area contributed by atoms with Crippen molar-refractivity contribution in [3.05, 3.63) is 64.9 Å². The number of carbonyl (C=O) groups excluding carboxylic acids is 2. The molecule has 3 rings (SSSR count). The van der Waals surface area contributed by atoms with Gasteiger partial charge in [-0.25, -0.2) is 0 Å². The molecule has 28 heavy (non-hydrogen) atoms. The van der Waals surface area contributed by atoms with Crippen LogP contribution in [0.2, 0.25) is 5.02 Å². The number of carbonyl (C=O) groups is 2. The van der Waals surface area contributed by atoms with Crippen LogP contribution in [0.3, 0.4) is 0 Å². The van der Waals surface area contributed by atoms with Gasteiger partial charge in [-0.1, -0.05) is 29.8 Å². The summed E-state index contributed by atoms with van der Waals surface area (Å²) in [7, 11) is 0. The molecular formula is C22H26ClN3O2. The summed E-state index contributed by atoms with van der Waals surface area (Å²) in [5.41, 5.74) is 1.94. The third kappa shape index (κ3) is 6.06. The molecule has 1 aromatic carbocycles. The van der Waals surface area contributed by atoms with Gasteiger partial charge in [0.2, 0.25) is 11.8 Å². The number of aryl methyl sites for hydroxylation is 1. The van der Waals surface area contributed by atoms with Gasteiger partial charge in [-0.2, -0.15) is 0 Å². The molecule has 1 aromatic heterocycles. The van der Waals surface area contributed by atoms with E-state index in [9.17, 15) is 9.59 Å². The van der Waals surface area contributed by atoms with Crippen molar-refractivity contribution in [3.8, 4) is 0 Å². The molecule has 0 bridgehead atoms. The van der Waals surface area contributed by atoms with Crippen molar-refractivity contribution in [1.29, 1.82) is 0 Å². The van der Waals surface area contributed by atoms with Crippen molar-refractivity contribution in [2.45, 2.75) is 50.5 Å². The molecule has 5 nitrogen and oxygen atoms in total. The maximum absolute atomic E-state index is 12.3. The van der Waals surface area contributed by atoms with Gasteiger partial charge >= 0.3 is 0 Å². The number of hydrogen-bond acceptors (Lipinski definition) is 3. The number of nitrogens with one attached hydrogen (secondary N) is 2. The molecular weight excluding hydrogens is 374 g/mol. The van der Waals surface area contributed by atoms with Gasteiger partial charge in [-0.05, 0) is 61.4 Å². The first-order chi connectivity index (χ1) is 13.5. The Labute approximate surface area is 170 Å². The Morgan fingerprint density at radius 1 is 1.21 bits per heavy atom. The zero-order chi connectivity index (χ0) is 19.8. The lowest BCUT2D eigenvalue weighted by Crippen LogP contribution is -2.44. The molecule has 0 saturated carbocycles. The lowest BCUT2D eigenvalue weighted by atomic mass is 9.85. The van der Waals surface area contributed by atoms with E-state index in [2.05, 4.69) is 15.6 Å². The molecule has 1 saturated heterocycles. The maximum atomic E-state index is 12.3. The van der Waals surface area contributed by atoms with Gasteiger partial charge in [0, 0.05) is 42.3 Å². The fourth-order valence-corrected chi connectivity index (χ4v) is 3.81. The lowest BCUT2D eigenvalue weighted by molar-refractivity contribution is -0.122. The van der Waals surface area contributed by atoms with Crippen molar-refractivity contribution >= 4 is 23.4 Å². The van der Waals surface area contributed by atoms with E-state index in [1.807, 2.05) is 42.6 Å². The molecule has 1 aliphatic rings. The number of rotatable bonds is 9. The van der Waals surface area contributed by atoms with Gasteiger partial charge < -0.3 is 10.6 Å². The second-order valence-corrected chi connectivity index (χ2v) is 7.88. The highest BCUT2D eigenvalue weighted by molar-refractivity contribution is 6.30. The Kier molecular flexibility index (Phi) is 7.04. The Hall–Kier alpha value is -2.40. The average molecular weight is 400 g/mol. The van der Waals surface area contributed by atoms with Gasteiger partial charge in [0.1, 0.15) is 0 Å². The van der Waals surface area contributed by atoms with Crippen LogP contribution in [-0.2, 0) is 22.4 Å². The van der Waals surface area contributed by atoms with Crippen LogP contribution in [0.5, 0.6) is 0 Å². The van der Waals surface area contributed by atoms with E-state index in [1.54, 1.807) is 6.20 Å². The third-order valence-corrected chi connectivity index (χ3v) is 5.46. The zero-order valence-electron chi connectivity index (χ0n) is 15.9. The Morgan fingerprint density at radius 2 is 2.04 bits per heavy atom. The van der Waals surface area contributed by atoms with Crippen LogP contribution < -0.4 is 10.6 Å². The predicted molar refractivity (Wildman–Crippen MR) is 110 cm³/mol. The molecule has 2 aromatic rings. The quantitative estimate of drug-likeness (QED) is 0.634. The summed E-state index contributed by atoms with van der Waals surface area (Å²) in [6, 6.07) is 11.6. The topological polar surface area (TPSA) is 71.1 Å². The summed E-state index contributed by atoms with van der Waals surface area (Å²) < 4.78 is 0. The van der Waals surface area contributed by atoms with Gasteiger partial charge in [0.15, 0.2) is 0 Å². The van der Waals surface area contributed by atoms with E-state index in [-0.39, 0.29) is 17.4 Å². The van der Waals surface area contributed by atoms with Crippen molar-refractivity contribution in [2.75, 3.05) is 6.54 Å². The molecule has 2 N–H and O–H groups in total. The van der Waals surface area contributed by atoms with E-state index in [0.29, 0.717) is 37.3 Å². The summed E-state index contributed by atoms with van der Waals surface area (Å²) >= 11 is 5.96. The minimum atomic E-state index is -0.349. The second-order valence-electron chi connectivity index (χ2n) is 7.45. The number of pyridine rings is 1. The van der Waals surface area contributed by atoms with Gasteiger partial charge in [-0.3, -0.25) is 14.6 Å². The number of benzene rings is 1. The molecule has 1 fully saturated rings. The maximum Gasteiger partial charge on any atom is 0.220 e. The van der Waals surface area contributed by atoms with Crippen LogP contribution in [0, 0.1) is 0 Å². The van der Waals surface area contributed by atoms with Crippen molar-refractivity contribution < 1.29 is 9.59 Å². The minimum Gasteiger partial charge on any atom is -0.356 e. The lowest BCUT2D eigenvalue weighted by Gasteiger charge is -2.29. The molecule has 0 unspecified atom stereocenters. The van der Waals surface area contributed by atoms with E-state index >= 15 is 0 Å². The van der Waals surface area contributed by atoms with Gasteiger partial charge in [0.25, 0.3) is 0 Å². The summed E-state index contributed by atoms with van der Waals surface area (Å²) in [6.07, 6.45) is 8.40. The van der Waals surface area contributed by atoms with Crippen LogP contribution in [0.1, 0.15) is 43.2 Å². The first kappa shape index (κ1) is 20.3. The monoisotopic (exact) mass is 399 g/mol. The number of nitrogens with zero attached hydrogens (tertiary/aromatic N) is 1. The zero-order valence-corrected chi connectivity index (χ0v) is 16.7. The Balaban J connectivity index is 1.46. The van der Waals surface area contributed by atoms with E-state index in [1.165, 1.54) is 5.56 Å². The first-order valence-electron chi connectivity index (χ1n) is 9.76. The Bertz CT molecular complexity index is 795. The first-order valence-corrected chi connectivity index (χ1v) is 10.1. The van der Waals surface area contributed by atoms with Gasteiger partial charge in [0.05, 0.1) is 0 Å². The van der Waals surface area contributed by atoms with Crippen LogP contribution in [-0.4, -0.2) is 28.9 Å². The summed E-state index contributed by atoms with van der Waals surface area (Å²) in [5, 5.41) is 6.80. The normalized spacial score (nSPS) is 18.7. The molecule has 0 aliphatic carbocycles. The molecule has 0 spiro atoms. The number of halogens is 1. The number of aromatic nitrogens is 1. The van der Waals surface area contributed by atoms with Crippen molar-refractivity contribution in [3.63, 3.8) is 0 Å². The standard InChI is InChI=1S/C22H26ClN3O2/c23-19-7-5-17(6-8-19)15-22(12-10-21(28)26-22)11-9-20(27)25-14-2-4-18-3-1-13-24-16-18/h1,3,5-8,13,16H,2,4,9-12,14-15H2,(H,25,27)(H,26,28)/t22-/m0/s1. The highest BCUT2D eigenvalue weighted by Gasteiger charge is 2.37. The van der Waals surface area contributed by atoms with Crippen LogP contribution in [0.25, 0.3) is 0 Å². The molecule has 1 aliphatic heterocycles. The summed E-state index contributed by atoms with van der Waals surface area (Å²) in [5.74, 6) is 0.0914.